The minimum atomic E-state index is -4.88. The van der Waals surface area contributed by atoms with Gasteiger partial charge in [0.05, 0.1) is 24.3 Å². The molecule has 0 radical (unpaired) electrons. The average molecular weight is 497 g/mol. The number of ether oxygens (including phenoxy) is 2. The molecule has 6 nitrogen and oxygen atoms in total. The van der Waals surface area contributed by atoms with E-state index >= 15 is 0 Å². The lowest BCUT2D eigenvalue weighted by Gasteiger charge is -2.26. The van der Waals surface area contributed by atoms with Crippen LogP contribution in [0.25, 0.3) is 5.76 Å². The van der Waals surface area contributed by atoms with E-state index in [1.54, 1.807) is 43.3 Å². The number of nitrogens with zero attached hydrogens (tertiary/aromatic N) is 1. The predicted octanol–water partition coefficient (Wildman–Crippen LogP) is 5.84. The van der Waals surface area contributed by atoms with Crippen molar-refractivity contribution in [3.05, 3.63) is 94.6 Å². The Balaban J connectivity index is 1.90. The molecule has 1 heterocycles. The molecule has 1 aliphatic rings. The summed E-state index contributed by atoms with van der Waals surface area (Å²) >= 11 is 0. The van der Waals surface area contributed by atoms with Crippen molar-refractivity contribution in [2.24, 2.45) is 0 Å². The standard InChI is InChI=1S/C27H22F3NO5/c1-15-5-4-6-17(13-15)23-22(24(32)20-14-16(2)7-12-21(20)35-3)25(33)26(34)31(23)18-8-10-19(11-9-18)36-27(28,29)30/h4-14,23,32H,1-3H3/b24-22+. The van der Waals surface area contributed by atoms with Crippen LogP contribution in [0.5, 0.6) is 11.5 Å². The van der Waals surface area contributed by atoms with E-state index in [2.05, 4.69) is 4.74 Å². The number of hydrogen-bond donors (Lipinski definition) is 1. The molecule has 0 spiro atoms. The van der Waals surface area contributed by atoms with Crippen molar-refractivity contribution in [3.8, 4) is 11.5 Å². The number of alkyl halides is 3. The second-order valence-corrected chi connectivity index (χ2v) is 8.33. The quantitative estimate of drug-likeness (QED) is 0.272. The lowest BCUT2D eigenvalue weighted by molar-refractivity contribution is -0.274. The number of rotatable bonds is 5. The Hall–Kier alpha value is -4.27. The van der Waals surface area contributed by atoms with Crippen molar-refractivity contribution in [1.82, 2.24) is 0 Å². The van der Waals surface area contributed by atoms with Gasteiger partial charge < -0.3 is 14.6 Å². The summed E-state index contributed by atoms with van der Waals surface area (Å²) in [4.78, 5) is 27.7. The van der Waals surface area contributed by atoms with E-state index in [0.29, 0.717) is 11.3 Å². The predicted molar refractivity (Wildman–Crippen MR) is 127 cm³/mol. The zero-order valence-electron chi connectivity index (χ0n) is 19.6. The Kier molecular flexibility index (Phi) is 6.49. The lowest BCUT2D eigenvalue weighted by atomic mass is 9.93. The molecule has 36 heavy (non-hydrogen) atoms. The fraction of sp³-hybridized carbons (Fsp3) is 0.185. The third kappa shape index (κ3) is 4.77. The highest BCUT2D eigenvalue weighted by Gasteiger charge is 2.47. The van der Waals surface area contributed by atoms with Crippen molar-refractivity contribution in [3.63, 3.8) is 0 Å². The third-order valence-electron chi connectivity index (χ3n) is 5.76. The van der Waals surface area contributed by atoms with Gasteiger partial charge in [-0.05, 0) is 55.8 Å². The molecule has 0 aliphatic carbocycles. The maximum atomic E-state index is 13.3. The normalized spacial score (nSPS) is 17.4. The van der Waals surface area contributed by atoms with Gasteiger partial charge in [-0.2, -0.15) is 0 Å². The van der Waals surface area contributed by atoms with E-state index in [1.165, 1.54) is 19.2 Å². The number of ketones is 1. The smallest absolute Gasteiger partial charge is 0.507 e. The highest BCUT2D eigenvalue weighted by Crippen LogP contribution is 2.44. The van der Waals surface area contributed by atoms with Gasteiger partial charge in [0.15, 0.2) is 0 Å². The van der Waals surface area contributed by atoms with E-state index in [-0.39, 0.29) is 16.8 Å². The number of carbonyl (C=O) groups excluding carboxylic acids is 2. The molecule has 1 aliphatic heterocycles. The molecule has 1 atom stereocenters. The minimum Gasteiger partial charge on any atom is -0.507 e. The number of aryl methyl sites for hydroxylation is 2. The molecule has 3 aromatic rings. The molecule has 3 aromatic carbocycles. The van der Waals surface area contributed by atoms with E-state index in [4.69, 9.17) is 4.74 Å². The van der Waals surface area contributed by atoms with E-state index in [0.717, 1.165) is 28.2 Å². The number of hydrogen-bond acceptors (Lipinski definition) is 5. The fourth-order valence-electron chi connectivity index (χ4n) is 4.21. The van der Waals surface area contributed by atoms with Crippen molar-refractivity contribution < 1.29 is 37.3 Å². The first kappa shape index (κ1) is 24.8. The Labute approximate surface area is 205 Å². The fourth-order valence-corrected chi connectivity index (χ4v) is 4.21. The molecule has 0 aromatic heterocycles. The SMILES string of the molecule is COc1ccc(C)cc1/C(O)=C1\C(=O)C(=O)N(c2ccc(OC(F)(F)F)cc2)C1c1cccc(C)c1. The number of aliphatic hydroxyl groups is 1. The molecular weight excluding hydrogens is 475 g/mol. The van der Waals surface area contributed by atoms with Gasteiger partial charge in [-0.25, -0.2) is 0 Å². The van der Waals surface area contributed by atoms with Crippen LogP contribution >= 0.6 is 0 Å². The number of carbonyl (C=O) groups is 2. The molecule has 9 heteroatoms. The van der Waals surface area contributed by atoms with Crippen LogP contribution in [0, 0.1) is 13.8 Å². The zero-order chi connectivity index (χ0) is 26.2. The maximum Gasteiger partial charge on any atom is 0.573 e. The molecule has 1 amide bonds. The molecular formula is C27H22F3NO5. The minimum absolute atomic E-state index is 0.161. The van der Waals surface area contributed by atoms with Gasteiger partial charge in [0.25, 0.3) is 11.7 Å². The van der Waals surface area contributed by atoms with Crippen molar-refractivity contribution in [1.29, 1.82) is 0 Å². The van der Waals surface area contributed by atoms with Crippen LogP contribution in [0.3, 0.4) is 0 Å². The van der Waals surface area contributed by atoms with Gasteiger partial charge in [-0.3, -0.25) is 14.5 Å². The summed E-state index contributed by atoms with van der Waals surface area (Å²) < 4.78 is 47.1. The van der Waals surface area contributed by atoms with Crippen LogP contribution in [0.15, 0.2) is 72.3 Å². The Morgan fingerprint density at radius 1 is 0.944 bits per heavy atom. The number of benzene rings is 3. The van der Waals surface area contributed by atoms with Crippen molar-refractivity contribution in [2.45, 2.75) is 26.3 Å². The largest absolute Gasteiger partial charge is 0.573 e. The number of anilines is 1. The van der Waals surface area contributed by atoms with Crippen LogP contribution in [-0.2, 0) is 9.59 Å². The van der Waals surface area contributed by atoms with Gasteiger partial charge in [0.1, 0.15) is 17.3 Å². The van der Waals surface area contributed by atoms with Crippen molar-refractivity contribution in [2.75, 3.05) is 12.0 Å². The molecule has 1 N–H and O–H groups in total. The topological polar surface area (TPSA) is 76.1 Å². The van der Waals surface area contributed by atoms with Crippen LogP contribution in [0.4, 0.5) is 18.9 Å². The molecule has 1 fully saturated rings. The number of aliphatic hydroxyl groups excluding tert-OH is 1. The molecule has 0 saturated carbocycles. The van der Waals surface area contributed by atoms with Gasteiger partial charge in [0.2, 0.25) is 0 Å². The number of Topliss-reactive ketones (excluding diaryl/α,β-unsaturated/α-hetero) is 1. The van der Waals surface area contributed by atoms with Crippen LogP contribution < -0.4 is 14.4 Å². The van der Waals surface area contributed by atoms with E-state index in [9.17, 15) is 27.9 Å². The first-order valence-electron chi connectivity index (χ1n) is 10.9. The highest BCUT2D eigenvalue weighted by atomic mass is 19.4. The molecule has 1 saturated heterocycles. The number of amides is 1. The van der Waals surface area contributed by atoms with Crippen LogP contribution in [0.2, 0.25) is 0 Å². The zero-order valence-corrected chi connectivity index (χ0v) is 19.6. The summed E-state index contributed by atoms with van der Waals surface area (Å²) in [5, 5.41) is 11.3. The Bertz CT molecular complexity index is 1360. The summed E-state index contributed by atoms with van der Waals surface area (Å²) in [6.45, 7) is 3.64. The van der Waals surface area contributed by atoms with Gasteiger partial charge >= 0.3 is 6.36 Å². The Morgan fingerprint density at radius 2 is 1.61 bits per heavy atom. The molecule has 186 valence electrons. The average Bonchev–Trinajstić information content (AvgIpc) is 3.08. The molecule has 4 rings (SSSR count). The lowest BCUT2D eigenvalue weighted by Crippen LogP contribution is -2.29. The number of methoxy groups -OCH3 is 1. The molecule has 1 unspecified atom stereocenters. The third-order valence-corrected chi connectivity index (χ3v) is 5.76. The summed E-state index contributed by atoms with van der Waals surface area (Å²) in [6, 6.07) is 15.7. The summed E-state index contributed by atoms with van der Waals surface area (Å²) in [5.74, 6) is -2.45. The Morgan fingerprint density at radius 3 is 2.22 bits per heavy atom. The van der Waals surface area contributed by atoms with E-state index < -0.39 is 35.6 Å². The summed E-state index contributed by atoms with van der Waals surface area (Å²) in [7, 11) is 1.42. The summed E-state index contributed by atoms with van der Waals surface area (Å²) in [6.07, 6.45) is -4.88. The monoisotopic (exact) mass is 497 g/mol. The van der Waals surface area contributed by atoms with Gasteiger partial charge in [0, 0.05) is 5.69 Å². The van der Waals surface area contributed by atoms with Crippen LogP contribution in [-0.4, -0.2) is 30.3 Å². The maximum absolute atomic E-state index is 13.3. The second-order valence-electron chi connectivity index (χ2n) is 8.33. The highest BCUT2D eigenvalue weighted by molar-refractivity contribution is 6.51. The van der Waals surface area contributed by atoms with E-state index in [1.807, 2.05) is 13.0 Å². The van der Waals surface area contributed by atoms with Crippen molar-refractivity contribution >= 4 is 23.1 Å². The van der Waals surface area contributed by atoms with Crippen LogP contribution in [0.1, 0.15) is 28.3 Å². The first-order chi connectivity index (χ1) is 17.0. The van der Waals surface area contributed by atoms with Gasteiger partial charge in [-0.15, -0.1) is 13.2 Å². The second kappa shape index (κ2) is 9.41. The number of halogens is 3. The summed E-state index contributed by atoms with van der Waals surface area (Å²) in [5.41, 5.74) is 2.41. The first-order valence-corrected chi connectivity index (χ1v) is 10.9. The van der Waals surface area contributed by atoms with Gasteiger partial charge in [-0.1, -0.05) is 41.5 Å². The molecule has 0 bridgehead atoms.